The molecule has 0 fully saturated rings. The lowest BCUT2D eigenvalue weighted by molar-refractivity contribution is -0.137. The number of methoxy groups -OCH3 is 1. The Morgan fingerprint density at radius 3 is 3.00 bits per heavy atom. The van der Waals surface area contributed by atoms with Crippen molar-refractivity contribution < 1.29 is 13.9 Å². The van der Waals surface area contributed by atoms with E-state index in [1.807, 2.05) is 0 Å². The Labute approximate surface area is 78.8 Å². The van der Waals surface area contributed by atoms with E-state index in [0.29, 0.717) is 11.1 Å². The summed E-state index contributed by atoms with van der Waals surface area (Å²) in [5.74, 6) is 0.174. The van der Waals surface area contributed by atoms with Gasteiger partial charge in [0.15, 0.2) is 0 Å². The van der Waals surface area contributed by atoms with Crippen molar-refractivity contribution in [3.63, 3.8) is 0 Å². The van der Waals surface area contributed by atoms with E-state index in [1.54, 1.807) is 0 Å². The molecule has 1 rings (SSSR count). The average Bonchev–Trinajstić information content (AvgIpc) is 2.61. The Hall–Kier alpha value is -1.08. The van der Waals surface area contributed by atoms with E-state index in [-0.39, 0.29) is 18.3 Å². The van der Waals surface area contributed by atoms with Crippen molar-refractivity contribution in [2.24, 2.45) is 5.73 Å². The maximum absolute atomic E-state index is 10.7. The third kappa shape index (κ3) is 3.03. The molecule has 6 nitrogen and oxygen atoms in total. The van der Waals surface area contributed by atoms with Gasteiger partial charge in [0.25, 0.3) is 5.22 Å². The van der Waals surface area contributed by atoms with Crippen LogP contribution in [-0.4, -0.2) is 29.0 Å². The van der Waals surface area contributed by atoms with Crippen LogP contribution in [0.3, 0.4) is 0 Å². The molecule has 1 aromatic heterocycles. The molecule has 0 bridgehead atoms. The van der Waals surface area contributed by atoms with Crippen LogP contribution >= 0.6 is 11.8 Å². The first-order valence-electron chi connectivity index (χ1n) is 3.48. The highest BCUT2D eigenvalue weighted by Gasteiger charge is 2.08. The molecule has 1 aromatic rings. The van der Waals surface area contributed by atoms with Gasteiger partial charge in [-0.25, -0.2) is 0 Å². The molecule has 0 spiro atoms. The third-order valence-electron chi connectivity index (χ3n) is 1.16. The first-order chi connectivity index (χ1) is 6.26. The second-order valence-electron chi connectivity index (χ2n) is 2.03. The number of carbonyl (C=O) groups is 1. The maximum atomic E-state index is 10.7. The number of hydrogen-bond donors (Lipinski definition) is 1. The molecule has 72 valence electrons. The highest BCUT2D eigenvalue weighted by molar-refractivity contribution is 7.99. The van der Waals surface area contributed by atoms with Crippen molar-refractivity contribution in [1.82, 2.24) is 10.2 Å². The summed E-state index contributed by atoms with van der Waals surface area (Å²) < 4.78 is 9.47. The van der Waals surface area contributed by atoms with E-state index < -0.39 is 0 Å². The lowest BCUT2D eigenvalue weighted by Crippen LogP contribution is -2.02. The van der Waals surface area contributed by atoms with Gasteiger partial charge in [0.2, 0.25) is 5.89 Å². The summed E-state index contributed by atoms with van der Waals surface area (Å²) in [5.41, 5.74) is 5.25. The van der Waals surface area contributed by atoms with Crippen LogP contribution in [0.4, 0.5) is 0 Å². The van der Waals surface area contributed by atoms with E-state index in [2.05, 4.69) is 14.9 Å². The number of nitrogens with two attached hydrogens (primary N) is 1. The molecule has 0 atom stereocenters. The van der Waals surface area contributed by atoms with Gasteiger partial charge in [0.1, 0.15) is 5.75 Å². The van der Waals surface area contributed by atoms with Crippen molar-refractivity contribution in [3.05, 3.63) is 5.89 Å². The fourth-order valence-electron chi connectivity index (χ4n) is 0.559. The topological polar surface area (TPSA) is 91.2 Å². The monoisotopic (exact) mass is 203 g/mol. The summed E-state index contributed by atoms with van der Waals surface area (Å²) in [5, 5.41) is 7.60. The average molecular weight is 203 g/mol. The smallest absolute Gasteiger partial charge is 0.316 e. The Bertz CT molecular complexity index is 288. The molecule has 0 radical (unpaired) electrons. The van der Waals surface area contributed by atoms with Gasteiger partial charge in [0.05, 0.1) is 13.7 Å². The molecule has 1 heterocycles. The highest BCUT2D eigenvalue weighted by Crippen LogP contribution is 2.15. The SMILES string of the molecule is COC(=O)CSc1nnc(CN)o1. The van der Waals surface area contributed by atoms with Gasteiger partial charge < -0.3 is 14.9 Å². The number of rotatable bonds is 4. The standard InChI is InChI=1S/C6H9N3O3S/c1-11-5(10)3-13-6-9-8-4(2-7)12-6/h2-3,7H2,1H3. The van der Waals surface area contributed by atoms with Crippen LogP contribution in [0.15, 0.2) is 9.64 Å². The van der Waals surface area contributed by atoms with Gasteiger partial charge in [-0.3, -0.25) is 4.79 Å². The zero-order valence-corrected chi connectivity index (χ0v) is 7.84. The second kappa shape index (κ2) is 4.83. The summed E-state index contributed by atoms with van der Waals surface area (Å²) >= 11 is 1.12. The minimum Gasteiger partial charge on any atom is -0.468 e. The number of ether oxygens (including phenoxy) is 1. The quantitative estimate of drug-likeness (QED) is 0.534. The Morgan fingerprint density at radius 2 is 2.46 bits per heavy atom. The van der Waals surface area contributed by atoms with Crippen molar-refractivity contribution in [2.45, 2.75) is 11.8 Å². The number of aromatic nitrogens is 2. The van der Waals surface area contributed by atoms with Crippen LogP contribution in [0, 0.1) is 0 Å². The lowest BCUT2D eigenvalue weighted by atomic mass is 10.7. The Balaban J connectivity index is 2.41. The number of nitrogens with zero attached hydrogens (tertiary/aromatic N) is 2. The summed E-state index contributed by atoms with van der Waals surface area (Å²) in [4.78, 5) is 10.7. The minimum absolute atomic E-state index is 0.155. The minimum atomic E-state index is -0.336. The van der Waals surface area contributed by atoms with Gasteiger partial charge in [-0.1, -0.05) is 11.8 Å². The van der Waals surface area contributed by atoms with Crippen LogP contribution in [0.1, 0.15) is 5.89 Å². The molecule has 7 heteroatoms. The first-order valence-corrected chi connectivity index (χ1v) is 4.47. The fourth-order valence-corrected chi connectivity index (χ4v) is 1.17. The van der Waals surface area contributed by atoms with Gasteiger partial charge in [-0.15, -0.1) is 10.2 Å². The van der Waals surface area contributed by atoms with Gasteiger partial charge in [-0.05, 0) is 0 Å². The number of hydrogen-bond acceptors (Lipinski definition) is 7. The molecule has 13 heavy (non-hydrogen) atoms. The summed E-state index contributed by atoms with van der Waals surface area (Å²) in [7, 11) is 1.32. The summed E-state index contributed by atoms with van der Waals surface area (Å²) in [6.45, 7) is 0.200. The van der Waals surface area contributed by atoms with Gasteiger partial charge in [0, 0.05) is 0 Å². The van der Waals surface area contributed by atoms with Crippen LogP contribution in [-0.2, 0) is 16.1 Å². The van der Waals surface area contributed by atoms with Crippen molar-refractivity contribution in [1.29, 1.82) is 0 Å². The molecular formula is C6H9N3O3S. The van der Waals surface area contributed by atoms with E-state index >= 15 is 0 Å². The number of carbonyl (C=O) groups excluding carboxylic acids is 1. The molecule has 0 aliphatic heterocycles. The van der Waals surface area contributed by atoms with Crippen LogP contribution in [0.25, 0.3) is 0 Å². The largest absolute Gasteiger partial charge is 0.468 e. The molecular weight excluding hydrogens is 194 g/mol. The molecule has 0 aromatic carbocycles. The molecule has 0 aliphatic rings. The normalized spacial score (nSPS) is 10.0. The van der Waals surface area contributed by atoms with E-state index in [4.69, 9.17) is 10.2 Å². The van der Waals surface area contributed by atoms with E-state index in [0.717, 1.165) is 11.8 Å². The number of esters is 1. The maximum Gasteiger partial charge on any atom is 0.316 e. The second-order valence-corrected chi connectivity index (χ2v) is 2.96. The molecule has 0 amide bonds. The first kappa shape index (κ1) is 10.0. The fraction of sp³-hybridized carbons (Fsp3) is 0.500. The highest BCUT2D eigenvalue weighted by atomic mass is 32.2. The molecule has 0 saturated carbocycles. The zero-order valence-electron chi connectivity index (χ0n) is 7.02. The molecule has 0 unspecified atom stereocenters. The predicted octanol–water partition coefficient (Wildman–Crippen LogP) is -0.207. The van der Waals surface area contributed by atoms with Gasteiger partial charge >= 0.3 is 5.97 Å². The van der Waals surface area contributed by atoms with Gasteiger partial charge in [-0.2, -0.15) is 0 Å². The molecule has 2 N–H and O–H groups in total. The van der Waals surface area contributed by atoms with Crippen molar-refractivity contribution in [2.75, 3.05) is 12.9 Å². The summed E-state index contributed by atoms with van der Waals surface area (Å²) in [6.07, 6.45) is 0. The predicted molar refractivity (Wildman–Crippen MR) is 44.9 cm³/mol. The summed E-state index contributed by atoms with van der Waals surface area (Å²) in [6, 6.07) is 0. The Kier molecular flexibility index (Phi) is 3.71. The van der Waals surface area contributed by atoms with E-state index in [9.17, 15) is 4.79 Å². The molecule has 0 saturated heterocycles. The zero-order chi connectivity index (χ0) is 9.68. The molecule has 0 aliphatic carbocycles. The van der Waals surface area contributed by atoms with Crippen LogP contribution in [0.2, 0.25) is 0 Å². The van der Waals surface area contributed by atoms with Crippen LogP contribution in [0.5, 0.6) is 0 Å². The number of thioether (sulfide) groups is 1. The van der Waals surface area contributed by atoms with Crippen molar-refractivity contribution in [3.8, 4) is 0 Å². The van der Waals surface area contributed by atoms with Crippen LogP contribution < -0.4 is 5.73 Å². The third-order valence-corrected chi connectivity index (χ3v) is 1.96. The Morgan fingerprint density at radius 1 is 1.69 bits per heavy atom. The lowest BCUT2D eigenvalue weighted by Gasteiger charge is -1.93. The van der Waals surface area contributed by atoms with Crippen molar-refractivity contribution >= 4 is 17.7 Å². The van der Waals surface area contributed by atoms with E-state index in [1.165, 1.54) is 7.11 Å².